The molecule has 1 aliphatic carbocycles. The number of carbonyl (C=O) groups is 3. The molecule has 2 amide bonds. The van der Waals surface area contributed by atoms with Gasteiger partial charge in [0.25, 0.3) is 0 Å². The number of hydrogen-bond acceptors (Lipinski definition) is 5. The number of nitrogens with one attached hydrogen (secondary N) is 2. The van der Waals surface area contributed by atoms with Crippen molar-refractivity contribution in [2.75, 3.05) is 0 Å². The second-order valence-corrected chi connectivity index (χ2v) is 9.17. The Morgan fingerprint density at radius 1 is 1.03 bits per heavy atom. The lowest BCUT2D eigenvalue weighted by Gasteiger charge is -2.42. The number of alkyl carbamates (subject to hydrolysis) is 1. The summed E-state index contributed by atoms with van der Waals surface area (Å²) in [7, 11) is 0. The van der Waals surface area contributed by atoms with Crippen molar-refractivity contribution >= 4 is 18.0 Å². The molecule has 1 fully saturated rings. The summed E-state index contributed by atoms with van der Waals surface area (Å²) in [4.78, 5) is 37.2. The molecular weight excluding hydrogens is 372 g/mol. The molecule has 0 aliphatic heterocycles. The summed E-state index contributed by atoms with van der Waals surface area (Å²) >= 11 is 0. The van der Waals surface area contributed by atoms with Crippen LogP contribution < -0.4 is 10.6 Å². The van der Waals surface area contributed by atoms with Gasteiger partial charge < -0.3 is 20.1 Å². The van der Waals surface area contributed by atoms with E-state index in [4.69, 9.17) is 9.47 Å². The maximum Gasteiger partial charge on any atom is 0.408 e. The van der Waals surface area contributed by atoms with Crippen LogP contribution in [0.15, 0.2) is 30.3 Å². The van der Waals surface area contributed by atoms with Crippen LogP contribution in [0.2, 0.25) is 0 Å². The molecule has 0 aromatic heterocycles. The quantitative estimate of drug-likeness (QED) is 0.679. The van der Waals surface area contributed by atoms with Crippen LogP contribution in [0.5, 0.6) is 0 Å². The first-order chi connectivity index (χ1) is 13.4. The Hall–Kier alpha value is -2.57. The summed E-state index contributed by atoms with van der Waals surface area (Å²) in [5, 5.41) is 5.57. The third-order valence-electron chi connectivity index (χ3n) is 4.75. The molecule has 0 bridgehead atoms. The molecule has 0 atom stereocenters. The summed E-state index contributed by atoms with van der Waals surface area (Å²) in [5.41, 5.74) is -1.54. The van der Waals surface area contributed by atoms with Crippen molar-refractivity contribution in [3.05, 3.63) is 35.9 Å². The highest BCUT2D eigenvalue weighted by atomic mass is 16.6. The molecule has 2 rings (SSSR count). The number of benzene rings is 1. The van der Waals surface area contributed by atoms with Crippen LogP contribution in [0.1, 0.15) is 65.9 Å². The van der Waals surface area contributed by atoms with Gasteiger partial charge in [-0.2, -0.15) is 0 Å². The van der Waals surface area contributed by atoms with Crippen LogP contribution in [-0.4, -0.2) is 34.6 Å². The Balaban J connectivity index is 1.88. The van der Waals surface area contributed by atoms with Crippen LogP contribution in [0.25, 0.3) is 0 Å². The van der Waals surface area contributed by atoms with Gasteiger partial charge in [-0.1, -0.05) is 30.3 Å². The van der Waals surface area contributed by atoms with Gasteiger partial charge in [0, 0.05) is 6.42 Å². The highest BCUT2D eigenvalue weighted by molar-refractivity contribution is 5.88. The fourth-order valence-electron chi connectivity index (χ4n) is 3.12. The van der Waals surface area contributed by atoms with E-state index >= 15 is 0 Å². The molecule has 0 saturated heterocycles. The van der Waals surface area contributed by atoms with Crippen molar-refractivity contribution in [3.63, 3.8) is 0 Å². The van der Waals surface area contributed by atoms with Crippen molar-refractivity contribution in [2.24, 2.45) is 0 Å². The molecule has 2 N–H and O–H groups in total. The molecule has 160 valence electrons. The molecule has 1 aromatic rings. The minimum Gasteiger partial charge on any atom is -0.459 e. The van der Waals surface area contributed by atoms with E-state index in [0.29, 0.717) is 12.8 Å². The van der Waals surface area contributed by atoms with E-state index in [1.54, 1.807) is 34.6 Å². The third kappa shape index (κ3) is 7.07. The number of rotatable bonds is 7. The summed E-state index contributed by atoms with van der Waals surface area (Å²) in [6.45, 7) is 8.71. The van der Waals surface area contributed by atoms with Gasteiger partial charge in [0.05, 0.1) is 5.54 Å². The highest BCUT2D eigenvalue weighted by Crippen LogP contribution is 2.35. The van der Waals surface area contributed by atoms with Crippen LogP contribution in [0.4, 0.5) is 4.79 Å². The van der Waals surface area contributed by atoms with Gasteiger partial charge in [0.2, 0.25) is 5.91 Å². The van der Waals surface area contributed by atoms with E-state index in [1.165, 1.54) is 0 Å². The van der Waals surface area contributed by atoms with Crippen molar-refractivity contribution in [3.8, 4) is 0 Å². The fraction of sp³-hybridized carbons (Fsp3) is 0.591. The van der Waals surface area contributed by atoms with Gasteiger partial charge in [-0.15, -0.1) is 0 Å². The maximum atomic E-state index is 12.6. The van der Waals surface area contributed by atoms with E-state index in [-0.39, 0.29) is 18.9 Å². The first-order valence-corrected chi connectivity index (χ1v) is 9.94. The summed E-state index contributed by atoms with van der Waals surface area (Å²) in [6, 6.07) is 9.35. The zero-order valence-corrected chi connectivity index (χ0v) is 18.0. The summed E-state index contributed by atoms with van der Waals surface area (Å²) < 4.78 is 10.6. The van der Waals surface area contributed by atoms with Gasteiger partial charge in [-0.3, -0.25) is 4.79 Å². The molecule has 1 aliphatic rings. The molecule has 1 saturated carbocycles. The van der Waals surface area contributed by atoms with E-state index in [1.807, 2.05) is 30.3 Å². The van der Waals surface area contributed by atoms with Crippen molar-refractivity contribution in [1.29, 1.82) is 0 Å². The number of hydrogen-bond donors (Lipinski definition) is 2. The van der Waals surface area contributed by atoms with Crippen molar-refractivity contribution in [2.45, 2.75) is 83.6 Å². The topological polar surface area (TPSA) is 93.7 Å². The lowest BCUT2D eigenvalue weighted by atomic mass is 9.74. The maximum absolute atomic E-state index is 12.6. The first kappa shape index (κ1) is 22.7. The Kier molecular flexibility index (Phi) is 6.93. The van der Waals surface area contributed by atoms with E-state index in [9.17, 15) is 14.4 Å². The van der Waals surface area contributed by atoms with Crippen LogP contribution in [0, 0.1) is 0 Å². The van der Waals surface area contributed by atoms with E-state index < -0.39 is 28.7 Å². The lowest BCUT2D eigenvalue weighted by Crippen LogP contribution is -2.59. The first-order valence-electron chi connectivity index (χ1n) is 9.94. The molecule has 0 unspecified atom stereocenters. The molecular formula is C22H32N2O5. The molecule has 29 heavy (non-hydrogen) atoms. The molecule has 7 heteroatoms. The van der Waals surface area contributed by atoms with Gasteiger partial charge in [-0.05, 0) is 59.4 Å². The predicted octanol–water partition coefficient (Wildman–Crippen LogP) is 3.46. The Bertz CT molecular complexity index is 733. The Labute approximate surface area is 172 Å². The fourth-order valence-corrected chi connectivity index (χ4v) is 3.12. The molecule has 1 aromatic carbocycles. The average Bonchev–Trinajstić information content (AvgIpc) is 2.56. The summed E-state index contributed by atoms with van der Waals surface area (Å²) in [5.74, 6) is -0.833. The van der Waals surface area contributed by atoms with Gasteiger partial charge in [-0.25, -0.2) is 9.59 Å². The Morgan fingerprint density at radius 2 is 1.66 bits per heavy atom. The standard InChI is InChI=1S/C22H32N2O5/c1-20(2,3)29-19(27)24-22(12-9-13-22)14-17(25)23-21(4,5)18(26)28-15-16-10-7-6-8-11-16/h6-8,10-11H,9,12-15H2,1-5H3,(H,23,25)(H,24,27). The van der Waals surface area contributed by atoms with E-state index in [2.05, 4.69) is 10.6 Å². The van der Waals surface area contributed by atoms with Gasteiger partial charge >= 0.3 is 12.1 Å². The minimum absolute atomic E-state index is 0.0850. The Morgan fingerprint density at radius 3 is 2.17 bits per heavy atom. The third-order valence-corrected chi connectivity index (χ3v) is 4.75. The molecule has 0 heterocycles. The minimum atomic E-state index is -1.18. The van der Waals surface area contributed by atoms with E-state index in [0.717, 1.165) is 12.0 Å². The zero-order valence-electron chi connectivity index (χ0n) is 18.0. The number of ether oxygens (including phenoxy) is 2. The number of esters is 1. The van der Waals surface area contributed by atoms with Crippen LogP contribution in [-0.2, 0) is 25.7 Å². The lowest BCUT2D eigenvalue weighted by molar-refractivity contribution is -0.153. The van der Waals surface area contributed by atoms with Crippen LogP contribution in [0.3, 0.4) is 0 Å². The second kappa shape index (κ2) is 8.84. The monoisotopic (exact) mass is 404 g/mol. The van der Waals surface area contributed by atoms with Crippen molar-refractivity contribution in [1.82, 2.24) is 10.6 Å². The normalized spacial score (nSPS) is 15.6. The smallest absolute Gasteiger partial charge is 0.408 e. The zero-order chi connectivity index (χ0) is 21.7. The SMILES string of the molecule is CC(C)(C)OC(=O)NC1(CC(=O)NC(C)(C)C(=O)OCc2ccccc2)CCC1. The van der Waals surface area contributed by atoms with Gasteiger partial charge in [0.15, 0.2) is 0 Å². The average molecular weight is 405 g/mol. The molecule has 0 radical (unpaired) electrons. The van der Waals surface area contributed by atoms with Crippen LogP contribution >= 0.6 is 0 Å². The molecule has 7 nitrogen and oxygen atoms in total. The largest absolute Gasteiger partial charge is 0.459 e. The second-order valence-electron chi connectivity index (χ2n) is 9.17. The van der Waals surface area contributed by atoms with Crippen molar-refractivity contribution < 1.29 is 23.9 Å². The summed E-state index contributed by atoms with van der Waals surface area (Å²) in [6.07, 6.45) is 1.86. The van der Waals surface area contributed by atoms with Gasteiger partial charge in [0.1, 0.15) is 17.7 Å². The number of amides is 2. The number of carbonyl (C=O) groups excluding carboxylic acids is 3. The highest BCUT2D eigenvalue weighted by Gasteiger charge is 2.42. The predicted molar refractivity (Wildman–Crippen MR) is 109 cm³/mol. The molecule has 0 spiro atoms.